The Bertz CT molecular complexity index is 436. The fourth-order valence-electron chi connectivity index (χ4n) is 2.93. The summed E-state index contributed by atoms with van der Waals surface area (Å²) < 4.78 is 0. The van der Waals surface area contributed by atoms with Gasteiger partial charge in [0.1, 0.15) is 4.99 Å². The van der Waals surface area contributed by atoms with E-state index < -0.39 is 0 Å². The van der Waals surface area contributed by atoms with Crippen molar-refractivity contribution >= 4 is 22.9 Å². The van der Waals surface area contributed by atoms with Gasteiger partial charge >= 0.3 is 0 Å². The molecule has 19 heavy (non-hydrogen) atoms. The third-order valence-corrected chi connectivity index (χ3v) is 4.24. The van der Waals surface area contributed by atoms with Crippen molar-refractivity contribution in [1.29, 1.82) is 0 Å². The first kappa shape index (κ1) is 14.3. The SMILES string of the molecule is Cc1ccc(NCCCC2CCCC2)c(C(N)=S)c1. The summed E-state index contributed by atoms with van der Waals surface area (Å²) in [5, 5.41) is 3.48. The lowest BCUT2D eigenvalue weighted by atomic mass is 10.0. The van der Waals surface area contributed by atoms with Crippen LogP contribution in [0, 0.1) is 12.8 Å². The van der Waals surface area contributed by atoms with Gasteiger partial charge in [-0.1, -0.05) is 49.5 Å². The fourth-order valence-corrected chi connectivity index (χ4v) is 3.10. The fraction of sp³-hybridized carbons (Fsp3) is 0.562. The third-order valence-electron chi connectivity index (χ3n) is 4.02. The highest BCUT2D eigenvalue weighted by Crippen LogP contribution is 2.28. The number of nitrogens with two attached hydrogens (primary N) is 1. The lowest BCUT2D eigenvalue weighted by Gasteiger charge is -2.13. The van der Waals surface area contributed by atoms with Gasteiger partial charge in [0.05, 0.1) is 0 Å². The predicted molar refractivity (Wildman–Crippen MR) is 86.7 cm³/mol. The maximum atomic E-state index is 5.78. The molecule has 1 aromatic rings. The number of thiocarbonyl (C=S) groups is 1. The minimum atomic E-state index is 0.474. The molecule has 1 aliphatic carbocycles. The molecule has 0 bridgehead atoms. The number of hydrogen-bond donors (Lipinski definition) is 2. The smallest absolute Gasteiger partial charge is 0.106 e. The van der Waals surface area contributed by atoms with Crippen LogP contribution in [0.15, 0.2) is 18.2 Å². The number of hydrogen-bond acceptors (Lipinski definition) is 2. The van der Waals surface area contributed by atoms with Crippen LogP contribution in [-0.4, -0.2) is 11.5 Å². The zero-order valence-electron chi connectivity index (χ0n) is 11.7. The largest absolute Gasteiger partial charge is 0.389 e. The highest BCUT2D eigenvalue weighted by atomic mass is 32.1. The Balaban J connectivity index is 1.83. The summed E-state index contributed by atoms with van der Waals surface area (Å²) in [7, 11) is 0. The van der Waals surface area contributed by atoms with Gasteiger partial charge < -0.3 is 11.1 Å². The van der Waals surface area contributed by atoms with Gasteiger partial charge in [0.25, 0.3) is 0 Å². The lowest BCUT2D eigenvalue weighted by Crippen LogP contribution is -2.14. The molecular weight excluding hydrogens is 252 g/mol. The second-order valence-corrected chi connectivity index (χ2v) is 6.07. The molecule has 2 rings (SSSR count). The summed E-state index contributed by atoms with van der Waals surface area (Å²) >= 11 is 5.11. The van der Waals surface area contributed by atoms with Crippen LogP contribution < -0.4 is 11.1 Å². The molecule has 1 aromatic carbocycles. The normalized spacial score (nSPS) is 15.6. The van der Waals surface area contributed by atoms with Gasteiger partial charge in [-0.15, -0.1) is 0 Å². The molecule has 0 aromatic heterocycles. The number of benzene rings is 1. The predicted octanol–water partition coefficient (Wildman–Crippen LogP) is 4.01. The molecular formula is C16H24N2S. The van der Waals surface area contributed by atoms with E-state index in [-0.39, 0.29) is 0 Å². The van der Waals surface area contributed by atoms with Gasteiger partial charge in [-0.2, -0.15) is 0 Å². The maximum Gasteiger partial charge on any atom is 0.106 e. The number of nitrogens with one attached hydrogen (secondary N) is 1. The van der Waals surface area contributed by atoms with Gasteiger partial charge in [0.2, 0.25) is 0 Å². The summed E-state index contributed by atoms with van der Waals surface area (Å²) in [5.41, 5.74) is 9.01. The van der Waals surface area contributed by atoms with Crippen molar-refractivity contribution in [3.63, 3.8) is 0 Å². The van der Waals surface area contributed by atoms with Crippen LogP contribution in [0.25, 0.3) is 0 Å². The summed E-state index contributed by atoms with van der Waals surface area (Å²) in [6.07, 6.45) is 8.31. The van der Waals surface area contributed by atoms with Crippen molar-refractivity contribution in [2.45, 2.75) is 45.4 Å². The molecule has 0 unspecified atom stereocenters. The van der Waals surface area contributed by atoms with E-state index in [1.807, 2.05) is 0 Å². The third kappa shape index (κ3) is 4.20. The molecule has 3 N–H and O–H groups in total. The molecule has 0 amide bonds. The Labute approximate surface area is 121 Å². The molecule has 1 aliphatic rings. The molecule has 104 valence electrons. The van der Waals surface area contributed by atoms with Crippen molar-refractivity contribution < 1.29 is 0 Å². The van der Waals surface area contributed by atoms with Gasteiger partial charge in [-0.3, -0.25) is 0 Å². The molecule has 1 fully saturated rings. The van der Waals surface area contributed by atoms with E-state index in [9.17, 15) is 0 Å². The van der Waals surface area contributed by atoms with Crippen molar-refractivity contribution in [3.05, 3.63) is 29.3 Å². The van der Waals surface area contributed by atoms with Crippen LogP contribution in [0.5, 0.6) is 0 Å². The Morgan fingerprint density at radius 2 is 2.11 bits per heavy atom. The van der Waals surface area contributed by atoms with Crippen LogP contribution in [0.1, 0.15) is 49.7 Å². The number of aryl methyl sites for hydroxylation is 1. The Hall–Kier alpha value is -1.09. The molecule has 0 spiro atoms. The Morgan fingerprint density at radius 3 is 2.79 bits per heavy atom. The van der Waals surface area contributed by atoms with E-state index in [0.29, 0.717) is 4.99 Å². The van der Waals surface area contributed by atoms with Crippen molar-refractivity contribution in [2.75, 3.05) is 11.9 Å². The van der Waals surface area contributed by atoms with Gasteiger partial charge in [0.15, 0.2) is 0 Å². The van der Waals surface area contributed by atoms with Crippen LogP contribution in [0.2, 0.25) is 0 Å². The molecule has 3 heteroatoms. The van der Waals surface area contributed by atoms with Crippen molar-refractivity contribution in [2.24, 2.45) is 11.7 Å². The first-order valence-corrected chi connectivity index (χ1v) is 7.72. The van der Waals surface area contributed by atoms with Crippen LogP contribution in [0.4, 0.5) is 5.69 Å². The molecule has 0 radical (unpaired) electrons. The molecule has 0 atom stereocenters. The van der Waals surface area contributed by atoms with E-state index in [2.05, 4.69) is 30.4 Å². The first-order valence-electron chi connectivity index (χ1n) is 7.31. The average molecular weight is 276 g/mol. The van der Waals surface area contributed by atoms with E-state index in [1.165, 1.54) is 44.1 Å². The molecule has 2 nitrogen and oxygen atoms in total. The Morgan fingerprint density at radius 1 is 1.37 bits per heavy atom. The topological polar surface area (TPSA) is 38.0 Å². The van der Waals surface area contributed by atoms with Crippen molar-refractivity contribution in [3.8, 4) is 0 Å². The quantitative estimate of drug-likeness (QED) is 0.609. The zero-order chi connectivity index (χ0) is 13.7. The molecule has 1 saturated carbocycles. The van der Waals surface area contributed by atoms with E-state index in [0.717, 1.165) is 23.7 Å². The molecule has 0 heterocycles. The van der Waals surface area contributed by atoms with Gasteiger partial charge in [-0.25, -0.2) is 0 Å². The lowest BCUT2D eigenvalue weighted by molar-refractivity contribution is 0.491. The Kier molecular flexibility index (Phi) is 5.20. The van der Waals surface area contributed by atoms with Crippen LogP contribution in [0.3, 0.4) is 0 Å². The van der Waals surface area contributed by atoms with E-state index in [1.54, 1.807) is 0 Å². The van der Waals surface area contributed by atoms with Gasteiger partial charge in [-0.05, 0) is 37.8 Å². The number of anilines is 1. The summed E-state index contributed by atoms with van der Waals surface area (Å²) in [6, 6.07) is 6.24. The minimum Gasteiger partial charge on any atom is -0.389 e. The average Bonchev–Trinajstić information content (AvgIpc) is 2.89. The first-order chi connectivity index (χ1) is 9.16. The highest BCUT2D eigenvalue weighted by Gasteiger charge is 2.14. The van der Waals surface area contributed by atoms with E-state index >= 15 is 0 Å². The van der Waals surface area contributed by atoms with Crippen molar-refractivity contribution in [1.82, 2.24) is 0 Å². The number of rotatable bonds is 6. The van der Waals surface area contributed by atoms with Crippen LogP contribution in [-0.2, 0) is 0 Å². The second-order valence-electron chi connectivity index (χ2n) is 5.63. The maximum absolute atomic E-state index is 5.78. The standard InChI is InChI=1S/C16H24N2S/c1-12-8-9-15(14(11-12)16(17)19)18-10-4-7-13-5-2-3-6-13/h8-9,11,13,18H,2-7,10H2,1H3,(H2,17,19). The zero-order valence-corrected chi connectivity index (χ0v) is 12.6. The molecule has 0 saturated heterocycles. The van der Waals surface area contributed by atoms with E-state index in [4.69, 9.17) is 18.0 Å². The summed E-state index contributed by atoms with van der Waals surface area (Å²) in [4.78, 5) is 0.474. The summed E-state index contributed by atoms with van der Waals surface area (Å²) in [6.45, 7) is 3.07. The van der Waals surface area contributed by atoms with Gasteiger partial charge in [0, 0.05) is 17.8 Å². The van der Waals surface area contributed by atoms with Crippen LogP contribution >= 0.6 is 12.2 Å². The summed E-state index contributed by atoms with van der Waals surface area (Å²) in [5.74, 6) is 0.967. The minimum absolute atomic E-state index is 0.474. The second kappa shape index (κ2) is 6.90. The molecule has 0 aliphatic heterocycles. The monoisotopic (exact) mass is 276 g/mol. The highest BCUT2D eigenvalue weighted by molar-refractivity contribution is 7.80.